The summed E-state index contributed by atoms with van der Waals surface area (Å²) in [5.41, 5.74) is 1.50. The van der Waals surface area contributed by atoms with Gasteiger partial charge in [-0.15, -0.1) is 0 Å². The van der Waals surface area contributed by atoms with Crippen LogP contribution < -0.4 is 4.90 Å². The molecule has 1 aliphatic rings. The number of anilines is 1. The average Bonchev–Trinajstić information content (AvgIpc) is 3.22. The Morgan fingerprint density at radius 1 is 1.03 bits per heavy atom. The molecule has 0 N–H and O–H groups in total. The highest BCUT2D eigenvalue weighted by molar-refractivity contribution is 7.90. The minimum Gasteiger partial charge on any atom is -0.465 e. The predicted molar refractivity (Wildman–Crippen MR) is 137 cm³/mol. The maximum absolute atomic E-state index is 13.5. The number of methoxy groups -OCH3 is 1. The molecule has 3 aromatic rings. The van der Waals surface area contributed by atoms with E-state index < -0.39 is 21.6 Å². The highest BCUT2D eigenvalue weighted by Gasteiger charge is 2.37. The van der Waals surface area contributed by atoms with E-state index in [4.69, 9.17) is 9.47 Å². The van der Waals surface area contributed by atoms with Crippen LogP contribution >= 0.6 is 0 Å². The van der Waals surface area contributed by atoms with Gasteiger partial charge in [-0.1, -0.05) is 17.7 Å². The summed E-state index contributed by atoms with van der Waals surface area (Å²) in [5.74, 6) is -0.631. The summed E-state index contributed by atoms with van der Waals surface area (Å²) < 4.78 is 38.6. The van der Waals surface area contributed by atoms with Crippen LogP contribution in [0.3, 0.4) is 0 Å². The molecular formula is C26H31N3O6S. The lowest BCUT2D eigenvalue weighted by Gasteiger charge is -2.45. The number of nitrogens with zero attached hydrogens (tertiary/aromatic N) is 3. The van der Waals surface area contributed by atoms with Crippen molar-refractivity contribution < 1.29 is 27.5 Å². The highest BCUT2D eigenvalue weighted by Crippen LogP contribution is 2.35. The first-order valence-electron chi connectivity index (χ1n) is 11.6. The second-order valence-electron chi connectivity index (χ2n) is 9.97. The van der Waals surface area contributed by atoms with Crippen LogP contribution in [-0.2, 0) is 19.5 Å². The maximum atomic E-state index is 13.5. The molecule has 0 spiro atoms. The van der Waals surface area contributed by atoms with E-state index in [0.717, 1.165) is 15.2 Å². The number of fused-ring (bicyclic) bond motifs is 1. The number of amides is 1. The van der Waals surface area contributed by atoms with E-state index in [-0.39, 0.29) is 28.1 Å². The topological polar surface area (TPSA) is 98.1 Å². The third-order valence-corrected chi connectivity index (χ3v) is 7.91. The van der Waals surface area contributed by atoms with E-state index in [9.17, 15) is 18.0 Å². The van der Waals surface area contributed by atoms with Gasteiger partial charge in [-0.3, -0.25) is 0 Å². The van der Waals surface area contributed by atoms with Crippen molar-refractivity contribution in [2.45, 2.75) is 44.2 Å². The summed E-state index contributed by atoms with van der Waals surface area (Å²) in [6, 6.07) is 11.6. The number of rotatable bonds is 5. The van der Waals surface area contributed by atoms with Gasteiger partial charge in [0.05, 0.1) is 29.1 Å². The first-order valence-corrected chi connectivity index (χ1v) is 13.0. The number of likely N-dealkylation sites (N-methyl/N-ethyl adjacent to an activating group) is 1. The number of carbonyl (C=O) groups is 2. The van der Waals surface area contributed by atoms with Crippen LogP contribution in [0.2, 0.25) is 0 Å². The molecule has 2 aromatic carbocycles. The van der Waals surface area contributed by atoms with Gasteiger partial charge in [0.15, 0.2) is 0 Å². The van der Waals surface area contributed by atoms with Gasteiger partial charge in [0.25, 0.3) is 10.0 Å². The minimum atomic E-state index is -3.97. The third-order valence-electron chi connectivity index (χ3n) is 6.22. The van der Waals surface area contributed by atoms with Crippen LogP contribution in [-0.4, -0.2) is 68.2 Å². The van der Waals surface area contributed by atoms with Crippen molar-refractivity contribution in [2.24, 2.45) is 0 Å². The van der Waals surface area contributed by atoms with Gasteiger partial charge in [-0.05, 0) is 58.0 Å². The molecule has 1 amide bonds. The van der Waals surface area contributed by atoms with Crippen LogP contribution in [0.1, 0.15) is 36.7 Å². The monoisotopic (exact) mass is 513 g/mol. The smallest absolute Gasteiger partial charge is 0.410 e. The minimum absolute atomic E-state index is 0.00162. The molecule has 36 heavy (non-hydrogen) atoms. The summed E-state index contributed by atoms with van der Waals surface area (Å²) >= 11 is 0. The molecule has 4 rings (SSSR count). The Labute approximate surface area is 211 Å². The zero-order chi connectivity index (χ0) is 26.4. The van der Waals surface area contributed by atoms with Crippen LogP contribution in [0.5, 0.6) is 0 Å². The molecule has 0 aliphatic carbocycles. The number of benzene rings is 2. The molecule has 9 nitrogen and oxygen atoms in total. The largest absolute Gasteiger partial charge is 0.465 e. The fourth-order valence-electron chi connectivity index (χ4n) is 4.19. The van der Waals surface area contributed by atoms with Crippen LogP contribution in [0, 0.1) is 6.92 Å². The molecule has 1 saturated heterocycles. The van der Waals surface area contributed by atoms with Crippen molar-refractivity contribution >= 4 is 38.7 Å². The molecule has 0 saturated carbocycles. The van der Waals surface area contributed by atoms with Crippen molar-refractivity contribution in [2.75, 3.05) is 32.1 Å². The first-order chi connectivity index (χ1) is 16.8. The SMILES string of the molecule is COC(=O)c1ccc(N(C)C2CN(C(=O)OC(C)(C)C)C2)c2ccn(S(=O)(=O)c3ccc(C)cc3)c12. The Balaban J connectivity index is 1.72. The summed E-state index contributed by atoms with van der Waals surface area (Å²) in [7, 11) is -0.830. The van der Waals surface area contributed by atoms with Gasteiger partial charge < -0.3 is 19.3 Å². The number of aromatic nitrogens is 1. The van der Waals surface area contributed by atoms with Crippen molar-refractivity contribution in [3.63, 3.8) is 0 Å². The van der Waals surface area contributed by atoms with Crippen molar-refractivity contribution in [1.29, 1.82) is 0 Å². The summed E-state index contributed by atoms with van der Waals surface area (Å²) in [4.78, 5) is 28.7. The molecule has 1 aliphatic heterocycles. The number of hydrogen-bond donors (Lipinski definition) is 0. The van der Waals surface area contributed by atoms with Crippen molar-refractivity contribution in [1.82, 2.24) is 8.87 Å². The van der Waals surface area contributed by atoms with Crippen LogP contribution in [0.25, 0.3) is 10.9 Å². The molecule has 0 bridgehead atoms. The van der Waals surface area contributed by atoms with Gasteiger partial charge in [0, 0.05) is 37.4 Å². The lowest BCUT2D eigenvalue weighted by atomic mass is 10.0. The molecular weight excluding hydrogens is 482 g/mol. The molecule has 0 atom stereocenters. The van der Waals surface area contributed by atoms with E-state index in [0.29, 0.717) is 18.5 Å². The number of ether oxygens (including phenoxy) is 2. The third kappa shape index (κ3) is 4.65. The van der Waals surface area contributed by atoms with Crippen LogP contribution in [0.15, 0.2) is 53.6 Å². The second kappa shape index (κ2) is 9.16. The van der Waals surface area contributed by atoms with Crippen molar-refractivity contribution in [3.05, 3.63) is 59.8 Å². The molecule has 10 heteroatoms. The lowest BCUT2D eigenvalue weighted by Crippen LogP contribution is -2.61. The first kappa shape index (κ1) is 25.6. The normalized spacial score (nSPS) is 14.4. The van der Waals surface area contributed by atoms with Crippen molar-refractivity contribution in [3.8, 4) is 0 Å². The standard InChI is InChI=1S/C26H31N3O6S/c1-17-7-9-19(10-8-17)36(32,33)29-14-13-20-22(12-11-21(23(20)29)24(30)34-6)27(5)18-15-28(16-18)25(31)35-26(2,3)4/h7-14,18H,15-16H2,1-6H3. The Hall–Kier alpha value is -3.53. The average molecular weight is 514 g/mol. The summed E-state index contributed by atoms with van der Waals surface area (Å²) in [5, 5.41) is 0.590. The lowest BCUT2D eigenvalue weighted by molar-refractivity contribution is 0.00851. The van der Waals surface area contributed by atoms with Crippen LogP contribution in [0.4, 0.5) is 10.5 Å². The Morgan fingerprint density at radius 3 is 2.25 bits per heavy atom. The van der Waals surface area contributed by atoms with E-state index in [2.05, 4.69) is 0 Å². The van der Waals surface area contributed by atoms with Gasteiger partial charge in [-0.25, -0.2) is 22.0 Å². The van der Waals surface area contributed by atoms with Gasteiger partial charge >= 0.3 is 12.1 Å². The zero-order valence-electron chi connectivity index (χ0n) is 21.3. The predicted octanol–water partition coefficient (Wildman–Crippen LogP) is 4.03. The Morgan fingerprint density at radius 2 is 1.67 bits per heavy atom. The molecule has 0 radical (unpaired) electrons. The zero-order valence-corrected chi connectivity index (χ0v) is 22.1. The fraction of sp³-hybridized carbons (Fsp3) is 0.385. The Kier molecular flexibility index (Phi) is 6.51. The molecule has 192 valence electrons. The summed E-state index contributed by atoms with van der Waals surface area (Å²) in [6.07, 6.45) is 1.09. The number of aryl methyl sites for hydroxylation is 1. The summed E-state index contributed by atoms with van der Waals surface area (Å²) in [6.45, 7) is 8.28. The van der Waals surface area contributed by atoms with Gasteiger partial charge in [0.2, 0.25) is 0 Å². The Bertz CT molecular complexity index is 1410. The number of likely N-dealkylation sites (tertiary alicyclic amines) is 1. The van der Waals surface area contributed by atoms with E-state index in [1.165, 1.54) is 13.3 Å². The van der Waals surface area contributed by atoms with Gasteiger partial charge in [0.1, 0.15) is 5.60 Å². The second-order valence-corrected chi connectivity index (χ2v) is 11.8. The van der Waals surface area contributed by atoms with E-state index in [1.54, 1.807) is 47.4 Å². The number of hydrogen-bond acceptors (Lipinski definition) is 7. The van der Waals surface area contributed by atoms with Gasteiger partial charge in [-0.2, -0.15) is 0 Å². The number of esters is 1. The number of carbonyl (C=O) groups excluding carboxylic acids is 2. The molecule has 1 aromatic heterocycles. The maximum Gasteiger partial charge on any atom is 0.410 e. The molecule has 0 unspecified atom stereocenters. The fourth-order valence-corrected chi connectivity index (χ4v) is 5.56. The highest BCUT2D eigenvalue weighted by atomic mass is 32.2. The molecule has 2 heterocycles. The van der Waals surface area contributed by atoms with E-state index >= 15 is 0 Å². The quantitative estimate of drug-likeness (QED) is 0.475. The van der Waals surface area contributed by atoms with E-state index in [1.807, 2.05) is 39.6 Å². The molecule has 1 fully saturated rings.